The number of carboxylic acid groups (broad SMARTS) is 1. The normalized spacial score (nSPS) is 10.1. The number of carbonyl (C=O) groups is 1. The van der Waals surface area contributed by atoms with Crippen molar-refractivity contribution in [3.63, 3.8) is 0 Å². The van der Waals surface area contributed by atoms with E-state index in [1.54, 1.807) is 36.4 Å². The van der Waals surface area contributed by atoms with Crippen LogP contribution in [0.2, 0.25) is 0 Å². The number of hydrogen-bond donors (Lipinski definition) is 1. The Morgan fingerprint density at radius 1 is 0.696 bits per heavy atom. The molecule has 0 amide bonds. The summed E-state index contributed by atoms with van der Waals surface area (Å²) in [6.45, 7) is 0. The van der Waals surface area contributed by atoms with E-state index >= 15 is 0 Å². The molecule has 4 heteroatoms. The van der Waals surface area contributed by atoms with Gasteiger partial charge < -0.3 is 14.6 Å². The van der Waals surface area contributed by atoms with Crippen molar-refractivity contribution in [2.45, 2.75) is 0 Å². The summed E-state index contributed by atoms with van der Waals surface area (Å²) in [6, 6.07) is 22.9. The van der Waals surface area contributed by atoms with Crippen LogP contribution < -0.4 is 9.47 Å². The maximum Gasteiger partial charge on any atom is 0.339 e. The molecule has 0 unspecified atom stereocenters. The smallest absolute Gasteiger partial charge is 0.339 e. The Balaban J connectivity index is 2.01. The Bertz CT molecular complexity index is 798. The molecule has 0 saturated heterocycles. The number of ether oxygens (including phenoxy) is 2. The minimum atomic E-state index is -1.07. The third-order valence-electron chi connectivity index (χ3n) is 3.14. The van der Waals surface area contributed by atoms with Gasteiger partial charge in [0, 0.05) is 0 Å². The second kappa shape index (κ2) is 6.66. The Kier molecular flexibility index (Phi) is 4.25. The van der Waals surface area contributed by atoms with Crippen molar-refractivity contribution in [2.75, 3.05) is 0 Å². The standard InChI is InChI=1S/C19H14O4/c20-19(21)16-12-7-13-17(22-14-8-3-1-4-9-14)18(16)23-15-10-5-2-6-11-15/h1-13H,(H,20,21). The highest BCUT2D eigenvalue weighted by Crippen LogP contribution is 2.37. The monoisotopic (exact) mass is 306 g/mol. The topological polar surface area (TPSA) is 55.8 Å². The molecule has 23 heavy (non-hydrogen) atoms. The zero-order valence-electron chi connectivity index (χ0n) is 12.2. The molecule has 3 rings (SSSR count). The fourth-order valence-corrected chi connectivity index (χ4v) is 2.09. The maximum absolute atomic E-state index is 11.5. The van der Waals surface area contributed by atoms with E-state index in [0.29, 0.717) is 17.2 Å². The molecule has 0 saturated carbocycles. The lowest BCUT2D eigenvalue weighted by Crippen LogP contribution is -2.01. The van der Waals surface area contributed by atoms with E-state index in [2.05, 4.69) is 0 Å². The average Bonchev–Trinajstić information content (AvgIpc) is 2.58. The minimum Gasteiger partial charge on any atom is -0.478 e. The molecule has 3 aromatic rings. The van der Waals surface area contributed by atoms with Crippen molar-refractivity contribution >= 4 is 5.97 Å². The molecule has 0 spiro atoms. The predicted octanol–water partition coefficient (Wildman–Crippen LogP) is 4.97. The quantitative estimate of drug-likeness (QED) is 0.723. The first-order valence-electron chi connectivity index (χ1n) is 7.06. The van der Waals surface area contributed by atoms with Gasteiger partial charge in [0.05, 0.1) is 0 Å². The predicted molar refractivity (Wildman–Crippen MR) is 86.4 cm³/mol. The fourth-order valence-electron chi connectivity index (χ4n) is 2.09. The van der Waals surface area contributed by atoms with E-state index in [1.807, 2.05) is 36.4 Å². The van der Waals surface area contributed by atoms with Crippen LogP contribution in [-0.2, 0) is 0 Å². The first-order valence-corrected chi connectivity index (χ1v) is 7.06. The van der Waals surface area contributed by atoms with Gasteiger partial charge in [-0.2, -0.15) is 0 Å². The van der Waals surface area contributed by atoms with Gasteiger partial charge in [0.1, 0.15) is 17.1 Å². The van der Waals surface area contributed by atoms with Crippen LogP contribution in [0.15, 0.2) is 78.9 Å². The molecule has 0 aliphatic carbocycles. The third-order valence-corrected chi connectivity index (χ3v) is 3.14. The van der Waals surface area contributed by atoms with Gasteiger partial charge in [-0.3, -0.25) is 0 Å². The molecule has 0 aromatic heterocycles. The molecule has 1 N–H and O–H groups in total. The van der Waals surface area contributed by atoms with Crippen LogP contribution in [-0.4, -0.2) is 11.1 Å². The van der Waals surface area contributed by atoms with Crippen molar-refractivity contribution in [2.24, 2.45) is 0 Å². The highest BCUT2D eigenvalue weighted by Gasteiger charge is 2.18. The van der Waals surface area contributed by atoms with Crippen LogP contribution in [0.3, 0.4) is 0 Å². The SMILES string of the molecule is O=C(O)c1cccc(Oc2ccccc2)c1Oc1ccccc1. The van der Waals surface area contributed by atoms with E-state index in [9.17, 15) is 9.90 Å². The molecule has 4 nitrogen and oxygen atoms in total. The van der Waals surface area contributed by atoms with Crippen molar-refractivity contribution in [1.82, 2.24) is 0 Å². The molecular weight excluding hydrogens is 292 g/mol. The molecule has 0 fully saturated rings. The summed E-state index contributed by atoms with van der Waals surface area (Å²) >= 11 is 0. The van der Waals surface area contributed by atoms with Crippen LogP contribution in [0.1, 0.15) is 10.4 Å². The van der Waals surface area contributed by atoms with E-state index < -0.39 is 5.97 Å². The van der Waals surface area contributed by atoms with Crippen LogP contribution >= 0.6 is 0 Å². The Labute approximate surface area is 133 Å². The highest BCUT2D eigenvalue weighted by molar-refractivity contribution is 5.92. The fraction of sp³-hybridized carbons (Fsp3) is 0. The van der Waals surface area contributed by atoms with Crippen LogP contribution in [0.25, 0.3) is 0 Å². The first kappa shape index (κ1) is 14.7. The summed E-state index contributed by atoms with van der Waals surface area (Å²) in [5, 5.41) is 9.40. The molecular formula is C19H14O4. The first-order chi connectivity index (χ1) is 11.2. The molecule has 3 aromatic carbocycles. The summed E-state index contributed by atoms with van der Waals surface area (Å²) in [4.78, 5) is 11.5. The molecule has 0 bridgehead atoms. The largest absolute Gasteiger partial charge is 0.478 e. The molecule has 114 valence electrons. The second-order valence-electron chi connectivity index (χ2n) is 4.77. The van der Waals surface area contributed by atoms with Gasteiger partial charge in [0.25, 0.3) is 0 Å². The zero-order chi connectivity index (χ0) is 16.1. The minimum absolute atomic E-state index is 0.0438. The van der Waals surface area contributed by atoms with Gasteiger partial charge in [-0.15, -0.1) is 0 Å². The van der Waals surface area contributed by atoms with Crippen molar-refractivity contribution in [1.29, 1.82) is 0 Å². The molecule has 0 atom stereocenters. The molecule has 0 aliphatic rings. The molecule has 0 radical (unpaired) electrons. The Morgan fingerprint density at radius 3 is 1.83 bits per heavy atom. The lowest BCUT2D eigenvalue weighted by Gasteiger charge is -2.14. The van der Waals surface area contributed by atoms with Gasteiger partial charge in [-0.1, -0.05) is 42.5 Å². The highest BCUT2D eigenvalue weighted by atomic mass is 16.5. The summed E-state index contributed by atoms with van der Waals surface area (Å²) < 4.78 is 11.6. The van der Waals surface area contributed by atoms with Crippen molar-refractivity contribution < 1.29 is 19.4 Å². The van der Waals surface area contributed by atoms with Gasteiger partial charge >= 0.3 is 5.97 Å². The lowest BCUT2D eigenvalue weighted by molar-refractivity contribution is 0.0693. The van der Waals surface area contributed by atoms with Gasteiger partial charge in [-0.05, 0) is 36.4 Å². The Hall–Kier alpha value is -3.27. The maximum atomic E-state index is 11.5. The number of hydrogen-bond acceptors (Lipinski definition) is 3. The van der Waals surface area contributed by atoms with E-state index in [0.717, 1.165) is 0 Å². The zero-order valence-corrected chi connectivity index (χ0v) is 12.2. The summed E-state index contributed by atoms with van der Waals surface area (Å²) in [7, 11) is 0. The van der Waals surface area contributed by atoms with Crippen LogP contribution in [0, 0.1) is 0 Å². The lowest BCUT2D eigenvalue weighted by atomic mass is 10.2. The number of para-hydroxylation sites is 3. The number of carboxylic acids is 1. The second-order valence-corrected chi connectivity index (χ2v) is 4.77. The van der Waals surface area contributed by atoms with Gasteiger partial charge in [0.15, 0.2) is 11.5 Å². The van der Waals surface area contributed by atoms with E-state index in [1.165, 1.54) is 6.07 Å². The molecule has 0 aliphatic heterocycles. The van der Waals surface area contributed by atoms with Crippen molar-refractivity contribution in [3.8, 4) is 23.0 Å². The number of aromatic carboxylic acids is 1. The van der Waals surface area contributed by atoms with Crippen molar-refractivity contribution in [3.05, 3.63) is 84.4 Å². The van der Waals surface area contributed by atoms with Gasteiger partial charge in [0.2, 0.25) is 0 Å². The van der Waals surface area contributed by atoms with Gasteiger partial charge in [-0.25, -0.2) is 4.79 Å². The van der Waals surface area contributed by atoms with E-state index in [4.69, 9.17) is 9.47 Å². The van der Waals surface area contributed by atoms with Crippen LogP contribution in [0.4, 0.5) is 0 Å². The van der Waals surface area contributed by atoms with Crippen LogP contribution in [0.5, 0.6) is 23.0 Å². The molecule has 0 heterocycles. The van der Waals surface area contributed by atoms with E-state index in [-0.39, 0.29) is 11.3 Å². The average molecular weight is 306 g/mol. The Morgan fingerprint density at radius 2 is 1.26 bits per heavy atom. The summed E-state index contributed by atoms with van der Waals surface area (Å²) in [6.07, 6.45) is 0. The number of rotatable bonds is 5. The summed E-state index contributed by atoms with van der Waals surface area (Å²) in [5.74, 6) is 0.594. The summed E-state index contributed by atoms with van der Waals surface area (Å²) in [5.41, 5.74) is 0.0438. The number of benzene rings is 3. The third kappa shape index (κ3) is 3.49.